The summed E-state index contributed by atoms with van der Waals surface area (Å²) in [5.74, 6) is -0.700. The molecule has 124 valence electrons. The van der Waals surface area contributed by atoms with E-state index in [2.05, 4.69) is 5.32 Å². The van der Waals surface area contributed by atoms with E-state index in [4.69, 9.17) is 9.47 Å². The van der Waals surface area contributed by atoms with E-state index < -0.39 is 16.0 Å². The molecule has 0 aliphatic carbocycles. The van der Waals surface area contributed by atoms with Gasteiger partial charge in [-0.3, -0.25) is 4.79 Å². The average Bonchev–Trinajstić information content (AvgIpc) is 2.94. The third-order valence-electron chi connectivity index (χ3n) is 3.39. The molecule has 0 amide bonds. The highest BCUT2D eigenvalue weighted by Gasteiger charge is 2.27. The number of sulfonamides is 1. The second-order valence-corrected chi connectivity index (χ2v) is 7.10. The van der Waals surface area contributed by atoms with Crippen LogP contribution in [0.1, 0.15) is 26.2 Å². The molecule has 8 heteroatoms. The summed E-state index contributed by atoms with van der Waals surface area (Å²) >= 11 is 0. The molecular formula is C13H26N2O5S. The maximum Gasteiger partial charge on any atom is 0.306 e. The zero-order valence-corrected chi connectivity index (χ0v) is 13.7. The molecule has 1 fully saturated rings. The third kappa shape index (κ3) is 6.73. The smallest absolute Gasteiger partial charge is 0.306 e. The number of hydrogen-bond donors (Lipinski definition) is 1. The Balaban J connectivity index is 2.58. The Morgan fingerprint density at radius 1 is 1.43 bits per heavy atom. The van der Waals surface area contributed by atoms with Crippen LogP contribution in [0, 0.1) is 0 Å². The summed E-state index contributed by atoms with van der Waals surface area (Å²) in [5, 5.41) is 3.28. The Hall–Kier alpha value is -0.700. The van der Waals surface area contributed by atoms with Gasteiger partial charge < -0.3 is 14.8 Å². The van der Waals surface area contributed by atoms with Crippen molar-refractivity contribution in [2.75, 3.05) is 45.7 Å². The van der Waals surface area contributed by atoms with Gasteiger partial charge in [0.15, 0.2) is 0 Å². The lowest BCUT2D eigenvalue weighted by atomic mass is 10.2. The van der Waals surface area contributed by atoms with Crippen LogP contribution < -0.4 is 5.32 Å². The molecule has 1 unspecified atom stereocenters. The van der Waals surface area contributed by atoms with Crippen molar-refractivity contribution in [1.82, 2.24) is 9.62 Å². The van der Waals surface area contributed by atoms with Crippen molar-refractivity contribution in [3.8, 4) is 0 Å². The number of nitrogens with one attached hydrogen (secondary N) is 1. The molecule has 7 nitrogen and oxygen atoms in total. The van der Waals surface area contributed by atoms with Gasteiger partial charge in [-0.25, -0.2) is 8.42 Å². The maximum atomic E-state index is 12.4. The van der Waals surface area contributed by atoms with Crippen molar-refractivity contribution in [2.24, 2.45) is 0 Å². The molecule has 21 heavy (non-hydrogen) atoms. The molecule has 1 saturated heterocycles. The quantitative estimate of drug-likeness (QED) is 0.569. The van der Waals surface area contributed by atoms with E-state index in [-0.39, 0.29) is 24.8 Å². The SMILES string of the molecule is CCOC(=O)CCS(=O)(=O)N(CCOC)CC1CCCN1. The van der Waals surface area contributed by atoms with E-state index in [0.29, 0.717) is 19.7 Å². The van der Waals surface area contributed by atoms with Crippen molar-refractivity contribution < 1.29 is 22.7 Å². The summed E-state index contributed by atoms with van der Waals surface area (Å²) in [5.41, 5.74) is 0. The average molecular weight is 322 g/mol. The van der Waals surface area contributed by atoms with E-state index >= 15 is 0 Å². The number of nitrogens with zero attached hydrogens (tertiary/aromatic N) is 1. The Morgan fingerprint density at radius 3 is 2.76 bits per heavy atom. The molecule has 1 N–H and O–H groups in total. The minimum absolute atomic E-state index is 0.113. The summed E-state index contributed by atoms with van der Waals surface area (Å²) in [6, 6.07) is 0.180. The van der Waals surface area contributed by atoms with E-state index in [9.17, 15) is 13.2 Å². The highest BCUT2D eigenvalue weighted by molar-refractivity contribution is 7.89. The normalized spacial score (nSPS) is 19.1. The molecule has 0 bridgehead atoms. The molecule has 0 saturated carbocycles. The van der Waals surface area contributed by atoms with Gasteiger partial charge in [0.1, 0.15) is 0 Å². The minimum atomic E-state index is -3.48. The summed E-state index contributed by atoms with van der Waals surface area (Å²) in [7, 11) is -1.94. The standard InChI is InChI=1S/C13H26N2O5S/c1-3-20-13(16)6-10-21(17,18)15(8-9-19-2)11-12-5-4-7-14-12/h12,14H,3-11H2,1-2H3. The number of carbonyl (C=O) groups excluding carboxylic acids is 1. The van der Waals surface area contributed by atoms with Crippen LogP contribution in [-0.2, 0) is 24.3 Å². The Morgan fingerprint density at radius 2 is 2.19 bits per heavy atom. The fraction of sp³-hybridized carbons (Fsp3) is 0.923. The topological polar surface area (TPSA) is 84.9 Å². The molecule has 1 atom stereocenters. The predicted octanol–water partition coefficient (Wildman–Crippen LogP) is -0.0302. The van der Waals surface area contributed by atoms with Crippen molar-refractivity contribution in [1.29, 1.82) is 0 Å². The number of rotatable bonds is 10. The van der Waals surface area contributed by atoms with Gasteiger partial charge in [-0.1, -0.05) is 0 Å². The van der Waals surface area contributed by atoms with Gasteiger partial charge in [-0.15, -0.1) is 0 Å². The fourth-order valence-corrected chi connectivity index (χ4v) is 3.71. The molecule has 1 rings (SSSR count). The zero-order valence-electron chi connectivity index (χ0n) is 12.8. The molecule has 1 heterocycles. The van der Waals surface area contributed by atoms with E-state index in [1.54, 1.807) is 6.92 Å². The zero-order chi connectivity index (χ0) is 15.7. The summed E-state index contributed by atoms with van der Waals surface area (Å²) < 4.78 is 35.9. The monoisotopic (exact) mass is 322 g/mol. The molecule has 1 aliphatic rings. The molecule has 0 aromatic rings. The van der Waals surface area contributed by atoms with Crippen LogP contribution in [0.25, 0.3) is 0 Å². The molecule has 0 aromatic carbocycles. The molecule has 0 aromatic heterocycles. The molecule has 0 radical (unpaired) electrons. The van der Waals surface area contributed by atoms with Gasteiger partial charge in [0.25, 0.3) is 0 Å². The number of ether oxygens (including phenoxy) is 2. The van der Waals surface area contributed by atoms with Crippen molar-refractivity contribution in [3.63, 3.8) is 0 Å². The number of hydrogen-bond acceptors (Lipinski definition) is 6. The van der Waals surface area contributed by atoms with Gasteiger partial charge in [0.2, 0.25) is 10.0 Å². The first-order chi connectivity index (χ1) is 9.99. The highest BCUT2D eigenvalue weighted by atomic mass is 32.2. The summed E-state index contributed by atoms with van der Waals surface area (Å²) in [4.78, 5) is 11.3. The maximum absolute atomic E-state index is 12.4. The molecular weight excluding hydrogens is 296 g/mol. The first kappa shape index (κ1) is 18.3. The lowest BCUT2D eigenvalue weighted by Gasteiger charge is -2.24. The van der Waals surface area contributed by atoms with Gasteiger partial charge in [-0.2, -0.15) is 4.31 Å². The first-order valence-corrected chi connectivity index (χ1v) is 8.96. The Kier molecular flexibility index (Phi) is 8.16. The highest BCUT2D eigenvalue weighted by Crippen LogP contribution is 2.11. The van der Waals surface area contributed by atoms with Crippen molar-refractivity contribution in [2.45, 2.75) is 32.2 Å². The minimum Gasteiger partial charge on any atom is -0.466 e. The van der Waals surface area contributed by atoms with Gasteiger partial charge in [-0.05, 0) is 26.3 Å². The van der Waals surface area contributed by atoms with Crippen molar-refractivity contribution >= 4 is 16.0 Å². The van der Waals surface area contributed by atoms with Crippen LogP contribution in [0.4, 0.5) is 0 Å². The summed E-state index contributed by atoms with van der Waals surface area (Å²) in [6.45, 7) is 3.95. The number of esters is 1. The lowest BCUT2D eigenvalue weighted by molar-refractivity contribution is -0.142. The van der Waals surface area contributed by atoms with E-state index in [1.807, 2.05) is 0 Å². The van der Waals surface area contributed by atoms with E-state index in [1.165, 1.54) is 11.4 Å². The van der Waals surface area contributed by atoms with Crippen molar-refractivity contribution in [3.05, 3.63) is 0 Å². The van der Waals surface area contributed by atoms with Gasteiger partial charge in [0.05, 0.1) is 25.4 Å². The Labute approximate surface area is 127 Å². The van der Waals surface area contributed by atoms with Crippen LogP contribution in [0.3, 0.4) is 0 Å². The van der Waals surface area contributed by atoms with Crippen LogP contribution in [0.2, 0.25) is 0 Å². The second kappa shape index (κ2) is 9.34. The van der Waals surface area contributed by atoms with Gasteiger partial charge in [0, 0.05) is 26.2 Å². The third-order valence-corrected chi connectivity index (χ3v) is 5.23. The largest absolute Gasteiger partial charge is 0.466 e. The number of methoxy groups -OCH3 is 1. The lowest BCUT2D eigenvalue weighted by Crippen LogP contribution is -2.43. The van der Waals surface area contributed by atoms with Crippen LogP contribution in [0.5, 0.6) is 0 Å². The van der Waals surface area contributed by atoms with E-state index in [0.717, 1.165) is 19.4 Å². The van der Waals surface area contributed by atoms with Crippen LogP contribution >= 0.6 is 0 Å². The summed E-state index contributed by atoms with van der Waals surface area (Å²) in [6.07, 6.45) is 1.92. The van der Waals surface area contributed by atoms with Crippen LogP contribution in [0.15, 0.2) is 0 Å². The predicted molar refractivity (Wildman–Crippen MR) is 79.5 cm³/mol. The van der Waals surface area contributed by atoms with Crippen LogP contribution in [-0.4, -0.2) is 70.4 Å². The Bertz CT molecular complexity index is 407. The second-order valence-electron chi connectivity index (χ2n) is 5.02. The molecule has 1 aliphatic heterocycles. The first-order valence-electron chi connectivity index (χ1n) is 7.35. The fourth-order valence-electron chi connectivity index (χ4n) is 2.27. The molecule has 0 spiro atoms. The number of carbonyl (C=O) groups is 1. The van der Waals surface area contributed by atoms with Gasteiger partial charge >= 0.3 is 5.97 Å².